The van der Waals surface area contributed by atoms with Crippen LogP contribution in [0.1, 0.15) is 19.5 Å². The largest absolute Gasteiger partial charge is 0.481 e. The van der Waals surface area contributed by atoms with Crippen molar-refractivity contribution in [2.24, 2.45) is 5.92 Å². The number of nitrogens with zero attached hydrogens (tertiary/aromatic N) is 1. The zero-order valence-electron chi connectivity index (χ0n) is 11.3. The predicted octanol–water partition coefficient (Wildman–Crippen LogP) is 1.60. The normalized spacial score (nSPS) is 13.9. The van der Waals surface area contributed by atoms with Crippen LogP contribution in [0, 0.1) is 5.92 Å². The molecule has 1 amide bonds. The van der Waals surface area contributed by atoms with Crippen LogP contribution in [-0.2, 0) is 16.0 Å². The first-order valence-corrected chi connectivity index (χ1v) is 6.34. The van der Waals surface area contributed by atoms with E-state index in [1.165, 1.54) is 0 Å². The van der Waals surface area contributed by atoms with E-state index >= 15 is 0 Å². The van der Waals surface area contributed by atoms with Crippen molar-refractivity contribution in [3.8, 4) is 0 Å². The van der Waals surface area contributed by atoms with Crippen molar-refractivity contribution in [3.05, 3.63) is 30.0 Å². The van der Waals surface area contributed by atoms with E-state index in [0.717, 1.165) is 5.39 Å². The Bertz CT molecular complexity index is 635. The van der Waals surface area contributed by atoms with Crippen molar-refractivity contribution in [3.63, 3.8) is 0 Å². The third-order valence-electron chi connectivity index (χ3n) is 3.31. The van der Waals surface area contributed by atoms with Gasteiger partial charge in [0.1, 0.15) is 5.69 Å². The summed E-state index contributed by atoms with van der Waals surface area (Å²) in [6.07, 6.45) is 0.0632. The van der Waals surface area contributed by atoms with Gasteiger partial charge in [0, 0.05) is 11.4 Å². The highest BCUT2D eigenvalue weighted by Gasteiger charge is 2.21. The minimum atomic E-state index is -0.940. The molecule has 1 aromatic carbocycles. The highest BCUT2D eigenvalue weighted by molar-refractivity contribution is 5.86. The number of carbonyl (C=O) groups is 2. The number of nitrogens with one attached hydrogen (secondary N) is 1. The lowest BCUT2D eigenvalue weighted by Gasteiger charge is -2.17. The molecule has 106 valence electrons. The first kappa shape index (κ1) is 14.0. The Balaban J connectivity index is 2.03. The maximum Gasteiger partial charge on any atom is 0.308 e. The molecule has 0 saturated heterocycles. The summed E-state index contributed by atoms with van der Waals surface area (Å²) in [5.41, 5.74) is 1.18. The van der Waals surface area contributed by atoms with Gasteiger partial charge < -0.3 is 14.9 Å². The predicted molar refractivity (Wildman–Crippen MR) is 72.1 cm³/mol. The SMILES string of the molecule is CC(NC(=O)Cc1noc2ccccc12)C(C)C(=O)O. The van der Waals surface area contributed by atoms with Gasteiger partial charge >= 0.3 is 5.97 Å². The fourth-order valence-electron chi connectivity index (χ4n) is 1.86. The molecule has 1 heterocycles. The van der Waals surface area contributed by atoms with Gasteiger partial charge in [0.25, 0.3) is 0 Å². The highest BCUT2D eigenvalue weighted by atomic mass is 16.5. The van der Waals surface area contributed by atoms with Gasteiger partial charge in [-0.2, -0.15) is 0 Å². The molecule has 0 spiro atoms. The maximum absolute atomic E-state index is 11.9. The maximum atomic E-state index is 11.9. The van der Waals surface area contributed by atoms with Crippen molar-refractivity contribution < 1.29 is 19.2 Å². The third-order valence-corrected chi connectivity index (χ3v) is 3.31. The van der Waals surface area contributed by atoms with E-state index in [1.807, 2.05) is 18.2 Å². The van der Waals surface area contributed by atoms with Gasteiger partial charge in [0.05, 0.1) is 12.3 Å². The first-order valence-electron chi connectivity index (χ1n) is 6.34. The Hall–Kier alpha value is -2.37. The lowest BCUT2D eigenvalue weighted by molar-refractivity contribution is -0.142. The molecule has 6 heteroatoms. The molecule has 2 atom stereocenters. The van der Waals surface area contributed by atoms with Crippen molar-refractivity contribution in [1.29, 1.82) is 0 Å². The van der Waals surface area contributed by atoms with Crippen LogP contribution in [0.25, 0.3) is 11.0 Å². The molecule has 2 aromatic rings. The molecular weight excluding hydrogens is 260 g/mol. The molecule has 0 aliphatic heterocycles. The van der Waals surface area contributed by atoms with Gasteiger partial charge in [-0.25, -0.2) is 0 Å². The van der Waals surface area contributed by atoms with E-state index in [1.54, 1.807) is 19.9 Å². The van der Waals surface area contributed by atoms with Crippen LogP contribution >= 0.6 is 0 Å². The van der Waals surface area contributed by atoms with Crippen molar-refractivity contribution in [2.75, 3.05) is 0 Å². The zero-order chi connectivity index (χ0) is 14.7. The summed E-state index contributed by atoms with van der Waals surface area (Å²) in [6, 6.07) is 6.83. The van der Waals surface area contributed by atoms with Crippen LogP contribution in [0.4, 0.5) is 0 Å². The highest BCUT2D eigenvalue weighted by Crippen LogP contribution is 2.18. The number of para-hydroxylation sites is 1. The molecular formula is C14H16N2O4. The molecule has 0 aliphatic rings. The zero-order valence-corrected chi connectivity index (χ0v) is 11.3. The number of fused-ring (bicyclic) bond motifs is 1. The van der Waals surface area contributed by atoms with E-state index < -0.39 is 17.9 Å². The van der Waals surface area contributed by atoms with E-state index in [2.05, 4.69) is 10.5 Å². The van der Waals surface area contributed by atoms with Crippen LogP contribution in [0.2, 0.25) is 0 Å². The lowest BCUT2D eigenvalue weighted by Crippen LogP contribution is -2.40. The molecule has 0 radical (unpaired) electrons. The third kappa shape index (κ3) is 2.96. The smallest absolute Gasteiger partial charge is 0.308 e. The first-order chi connectivity index (χ1) is 9.49. The van der Waals surface area contributed by atoms with Crippen LogP contribution in [0.3, 0.4) is 0 Å². The molecule has 0 aliphatic carbocycles. The fourth-order valence-corrected chi connectivity index (χ4v) is 1.86. The molecule has 0 bridgehead atoms. The van der Waals surface area contributed by atoms with Crippen molar-refractivity contribution in [2.45, 2.75) is 26.3 Å². The monoisotopic (exact) mass is 276 g/mol. The second-order valence-corrected chi connectivity index (χ2v) is 4.79. The molecule has 20 heavy (non-hydrogen) atoms. The van der Waals surface area contributed by atoms with Crippen molar-refractivity contribution in [1.82, 2.24) is 10.5 Å². The summed E-state index contributed by atoms with van der Waals surface area (Å²) in [5, 5.41) is 16.2. The summed E-state index contributed by atoms with van der Waals surface area (Å²) in [4.78, 5) is 22.7. The van der Waals surface area contributed by atoms with E-state index in [9.17, 15) is 9.59 Å². The lowest BCUT2D eigenvalue weighted by atomic mass is 10.0. The summed E-state index contributed by atoms with van der Waals surface area (Å²) in [5.74, 6) is -1.86. The fraction of sp³-hybridized carbons (Fsp3) is 0.357. The number of hydrogen-bond acceptors (Lipinski definition) is 4. The number of rotatable bonds is 5. The molecule has 2 rings (SSSR count). The second-order valence-electron chi connectivity index (χ2n) is 4.79. The molecule has 0 fully saturated rings. The van der Waals surface area contributed by atoms with Crippen LogP contribution in [-0.4, -0.2) is 28.2 Å². The molecule has 6 nitrogen and oxygen atoms in total. The number of hydrogen-bond donors (Lipinski definition) is 2. The summed E-state index contributed by atoms with van der Waals surface area (Å²) < 4.78 is 5.12. The molecule has 1 aromatic heterocycles. The van der Waals surface area contributed by atoms with Crippen LogP contribution in [0.15, 0.2) is 28.8 Å². The Morgan fingerprint density at radius 3 is 2.75 bits per heavy atom. The molecule has 2 unspecified atom stereocenters. The number of amides is 1. The van der Waals surface area contributed by atoms with E-state index in [0.29, 0.717) is 11.3 Å². The minimum absolute atomic E-state index is 0.0632. The number of benzene rings is 1. The molecule has 2 N–H and O–H groups in total. The Morgan fingerprint density at radius 1 is 1.35 bits per heavy atom. The molecule has 0 saturated carbocycles. The summed E-state index contributed by atoms with van der Waals surface area (Å²) in [7, 11) is 0. The van der Waals surface area contributed by atoms with Gasteiger partial charge in [-0.15, -0.1) is 0 Å². The number of aliphatic carboxylic acids is 1. The van der Waals surface area contributed by atoms with Gasteiger partial charge in [-0.1, -0.05) is 17.3 Å². The van der Waals surface area contributed by atoms with Crippen molar-refractivity contribution >= 4 is 22.8 Å². The second kappa shape index (κ2) is 5.73. The van der Waals surface area contributed by atoms with Crippen LogP contribution < -0.4 is 5.32 Å². The standard InChI is InChI=1S/C14H16N2O4/c1-8(14(18)19)9(2)15-13(17)7-11-10-5-3-4-6-12(10)20-16-11/h3-6,8-9H,7H2,1-2H3,(H,15,17)(H,18,19). The number of aromatic nitrogens is 1. The number of carbonyl (C=O) groups excluding carboxylic acids is 1. The van der Waals surface area contributed by atoms with Gasteiger partial charge in [0.15, 0.2) is 5.58 Å². The Kier molecular flexibility index (Phi) is 4.02. The average molecular weight is 276 g/mol. The van der Waals surface area contributed by atoms with E-state index in [4.69, 9.17) is 9.63 Å². The van der Waals surface area contributed by atoms with E-state index in [-0.39, 0.29) is 12.3 Å². The Labute approximate surface area is 115 Å². The topological polar surface area (TPSA) is 92.4 Å². The van der Waals surface area contributed by atoms with Crippen LogP contribution in [0.5, 0.6) is 0 Å². The number of carboxylic acids is 1. The Morgan fingerprint density at radius 2 is 2.05 bits per heavy atom. The minimum Gasteiger partial charge on any atom is -0.481 e. The van der Waals surface area contributed by atoms with Gasteiger partial charge in [-0.05, 0) is 26.0 Å². The quantitative estimate of drug-likeness (QED) is 0.865. The van der Waals surface area contributed by atoms with Gasteiger partial charge in [0.2, 0.25) is 5.91 Å². The average Bonchev–Trinajstić information content (AvgIpc) is 2.81. The number of carboxylic acid groups (broad SMARTS) is 1. The summed E-state index contributed by atoms with van der Waals surface area (Å²) >= 11 is 0. The summed E-state index contributed by atoms with van der Waals surface area (Å²) in [6.45, 7) is 3.22. The van der Waals surface area contributed by atoms with Gasteiger partial charge in [-0.3, -0.25) is 9.59 Å².